The van der Waals surface area contributed by atoms with Crippen molar-refractivity contribution in [3.8, 4) is 0 Å². The van der Waals surface area contributed by atoms with Gasteiger partial charge < -0.3 is 0 Å². The van der Waals surface area contributed by atoms with E-state index in [0.29, 0.717) is 11.7 Å². The van der Waals surface area contributed by atoms with Crippen molar-refractivity contribution in [2.45, 2.75) is 117 Å². The Morgan fingerprint density at radius 1 is 0.667 bits per heavy atom. The highest BCUT2D eigenvalue weighted by Gasteiger charge is 2.03. The van der Waals surface area contributed by atoms with Gasteiger partial charge in [0.15, 0.2) is 0 Å². The maximum atomic E-state index is 11.6. The van der Waals surface area contributed by atoms with Crippen molar-refractivity contribution in [3.63, 3.8) is 0 Å². The number of carbonyl (C=O) groups is 1. The van der Waals surface area contributed by atoms with Crippen LogP contribution in [0.15, 0.2) is 0 Å². The van der Waals surface area contributed by atoms with Gasteiger partial charge in [0.2, 0.25) is 0 Å². The molecule has 0 aromatic carbocycles. The molecular weight excluding hydrogens is 256 g/mol. The number of rotatable bonds is 16. The van der Waals surface area contributed by atoms with E-state index in [4.69, 9.17) is 0 Å². The molecule has 0 rings (SSSR count). The molecule has 0 spiro atoms. The number of unbranched alkanes of at least 4 members (excludes halogenated alkanes) is 11. The molecule has 0 aromatic rings. The van der Waals surface area contributed by atoms with Gasteiger partial charge in [-0.2, -0.15) is 0 Å². The Kier molecular flexibility index (Phi) is 15.8. The third-order valence-corrected chi connectivity index (χ3v) is 4.31. The minimum Gasteiger partial charge on any atom is -0.300 e. The van der Waals surface area contributed by atoms with Gasteiger partial charge in [0.25, 0.3) is 0 Å². The SMILES string of the molecule is CCCCCCCCCCCCCCC(=O)CCC(C)C. The Morgan fingerprint density at radius 3 is 1.52 bits per heavy atom. The van der Waals surface area contributed by atoms with Crippen LogP contribution in [0.25, 0.3) is 0 Å². The van der Waals surface area contributed by atoms with Crippen LogP contribution >= 0.6 is 0 Å². The second-order valence-electron chi connectivity index (χ2n) is 7.11. The topological polar surface area (TPSA) is 17.1 Å². The third-order valence-electron chi connectivity index (χ3n) is 4.31. The molecule has 0 N–H and O–H groups in total. The van der Waals surface area contributed by atoms with Gasteiger partial charge in [0, 0.05) is 12.8 Å². The second kappa shape index (κ2) is 16.0. The molecule has 0 atom stereocenters. The molecule has 0 heterocycles. The van der Waals surface area contributed by atoms with Gasteiger partial charge >= 0.3 is 0 Å². The average molecular weight is 297 g/mol. The highest BCUT2D eigenvalue weighted by molar-refractivity contribution is 5.78. The fourth-order valence-corrected chi connectivity index (χ4v) is 2.74. The van der Waals surface area contributed by atoms with Gasteiger partial charge in [-0.1, -0.05) is 91.4 Å². The summed E-state index contributed by atoms with van der Waals surface area (Å²) in [6.45, 7) is 6.66. The molecule has 21 heavy (non-hydrogen) atoms. The Labute approximate surface area is 134 Å². The molecule has 0 aliphatic rings. The monoisotopic (exact) mass is 296 g/mol. The van der Waals surface area contributed by atoms with Crippen molar-refractivity contribution in [1.82, 2.24) is 0 Å². The van der Waals surface area contributed by atoms with Crippen molar-refractivity contribution < 1.29 is 4.79 Å². The van der Waals surface area contributed by atoms with Gasteiger partial charge in [-0.3, -0.25) is 4.79 Å². The molecule has 1 heteroatoms. The highest BCUT2D eigenvalue weighted by Crippen LogP contribution is 2.13. The van der Waals surface area contributed by atoms with Crippen LogP contribution in [0.5, 0.6) is 0 Å². The predicted octanol–water partition coefficient (Wildman–Crippen LogP) is 7.08. The molecule has 0 radical (unpaired) electrons. The zero-order chi connectivity index (χ0) is 15.8. The largest absolute Gasteiger partial charge is 0.300 e. The van der Waals surface area contributed by atoms with Gasteiger partial charge in [0.1, 0.15) is 5.78 Å². The first kappa shape index (κ1) is 20.7. The van der Waals surface area contributed by atoms with E-state index in [9.17, 15) is 4.79 Å². The Bertz CT molecular complexity index is 220. The first-order valence-corrected chi connectivity index (χ1v) is 9.68. The number of hydrogen-bond donors (Lipinski definition) is 0. The molecule has 0 bridgehead atoms. The average Bonchev–Trinajstić information content (AvgIpc) is 2.46. The van der Waals surface area contributed by atoms with Gasteiger partial charge in [-0.05, 0) is 18.8 Å². The molecule has 0 aliphatic carbocycles. The van der Waals surface area contributed by atoms with Crippen LogP contribution in [0.2, 0.25) is 0 Å². The quantitative estimate of drug-likeness (QED) is 0.278. The molecule has 0 unspecified atom stereocenters. The lowest BCUT2D eigenvalue weighted by atomic mass is 10.0. The molecular formula is C20H40O. The van der Waals surface area contributed by atoms with E-state index in [0.717, 1.165) is 25.7 Å². The molecule has 0 amide bonds. The van der Waals surface area contributed by atoms with Crippen LogP contribution in [0.3, 0.4) is 0 Å². The zero-order valence-corrected chi connectivity index (χ0v) is 15.1. The summed E-state index contributed by atoms with van der Waals surface area (Å²) >= 11 is 0. The summed E-state index contributed by atoms with van der Waals surface area (Å²) in [6, 6.07) is 0. The highest BCUT2D eigenvalue weighted by atomic mass is 16.1. The molecule has 1 nitrogen and oxygen atoms in total. The van der Waals surface area contributed by atoms with E-state index < -0.39 is 0 Å². The minimum atomic E-state index is 0.482. The van der Waals surface area contributed by atoms with Gasteiger partial charge in [0.05, 0.1) is 0 Å². The van der Waals surface area contributed by atoms with Crippen molar-refractivity contribution >= 4 is 5.78 Å². The molecule has 0 aromatic heterocycles. The van der Waals surface area contributed by atoms with E-state index >= 15 is 0 Å². The van der Waals surface area contributed by atoms with E-state index in [1.54, 1.807) is 0 Å². The smallest absolute Gasteiger partial charge is 0.132 e. The van der Waals surface area contributed by atoms with Crippen molar-refractivity contribution in [2.75, 3.05) is 0 Å². The lowest BCUT2D eigenvalue weighted by Gasteiger charge is -2.04. The van der Waals surface area contributed by atoms with Crippen LogP contribution < -0.4 is 0 Å². The first-order chi connectivity index (χ1) is 10.2. The van der Waals surface area contributed by atoms with E-state index in [-0.39, 0.29) is 0 Å². The van der Waals surface area contributed by atoms with Gasteiger partial charge in [-0.15, -0.1) is 0 Å². The van der Waals surface area contributed by atoms with Crippen LogP contribution in [0.4, 0.5) is 0 Å². The van der Waals surface area contributed by atoms with Gasteiger partial charge in [-0.25, -0.2) is 0 Å². The maximum Gasteiger partial charge on any atom is 0.132 e. The second-order valence-corrected chi connectivity index (χ2v) is 7.11. The summed E-state index contributed by atoms with van der Waals surface area (Å²) in [6.07, 6.45) is 19.1. The van der Waals surface area contributed by atoms with Crippen LogP contribution in [0.1, 0.15) is 117 Å². The summed E-state index contributed by atoms with van der Waals surface area (Å²) in [5.41, 5.74) is 0. The van der Waals surface area contributed by atoms with Crippen molar-refractivity contribution in [1.29, 1.82) is 0 Å². The van der Waals surface area contributed by atoms with E-state index in [1.165, 1.54) is 70.6 Å². The van der Waals surface area contributed by atoms with Crippen molar-refractivity contribution in [2.24, 2.45) is 5.92 Å². The predicted molar refractivity (Wildman–Crippen MR) is 94.8 cm³/mol. The summed E-state index contributed by atoms with van der Waals surface area (Å²) in [5.74, 6) is 1.15. The normalized spacial score (nSPS) is 11.2. The third kappa shape index (κ3) is 17.6. The number of ketones is 1. The summed E-state index contributed by atoms with van der Waals surface area (Å²) in [7, 11) is 0. The standard InChI is InChI=1S/C20H40O/c1-4-5-6-7-8-9-10-11-12-13-14-15-16-20(21)18-17-19(2)3/h19H,4-18H2,1-3H3. The first-order valence-electron chi connectivity index (χ1n) is 9.68. The fourth-order valence-electron chi connectivity index (χ4n) is 2.74. The fraction of sp³-hybridized carbons (Fsp3) is 0.950. The lowest BCUT2D eigenvalue weighted by molar-refractivity contribution is -0.119. The molecule has 0 fully saturated rings. The molecule has 0 saturated carbocycles. The summed E-state index contributed by atoms with van der Waals surface area (Å²) < 4.78 is 0. The van der Waals surface area contributed by atoms with Crippen molar-refractivity contribution in [3.05, 3.63) is 0 Å². The van der Waals surface area contributed by atoms with Crippen LogP contribution in [0, 0.1) is 5.92 Å². The minimum absolute atomic E-state index is 0.482. The van der Waals surface area contributed by atoms with E-state index in [2.05, 4.69) is 20.8 Å². The molecule has 0 aliphatic heterocycles. The Balaban J connectivity index is 3.10. The number of Topliss-reactive ketones (excluding diaryl/α,β-unsaturated/α-hetero) is 1. The Hall–Kier alpha value is -0.330. The van der Waals surface area contributed by atoms with Crippen LogP contribution in [-0.4, -0.2) is 5.78 Å². The lowest BCUT2D eigenvalue weighted by Crippen LogP contribution is -2.00. The van der Waals surface area contributed by atoms with E-state index in [1.807, 2.05) is 0 Å². The summed E-state index contributed by atoms with van der Waals surface area (Å²) in [4.78, 5) is 11.6. The number of carbonyl (C=O) groups excluding carboxylic acids is 1. The maximum absolute atomic E-state index is 11.6. The molecule has 0 saturated heterocycles. The summed E-state index contributed by atoms with van der Waals surface area (Å²) in [5, 5.41) is 0. The zero-order valence-electron chi connectivity index (χ0n) is 15.1. The van der Waals surface area contributed by atoms with Crippen LogP contribution in [-0.2, 0) is 4.79 Å². The molecule has 126 valence electrons. The Morgan fingerprint density at radius 2 is 1.10 bits per heavy atom. The number of hydrogen-bond acceptors (Lipinski definition) is 1.